The second-order valence-electron chi connectivity index (χ2n) is 4.44. The number of rotatable bonds is 6. The van der Waals surface area contributed by atoms with Crippen molar-refractivity contribution in [1.82, 2.24) is 0 Å². The Kier molecular flexibility index (Phi) is 9.47. The summed E-state index contributed by atoms with van der Waals surface area (Å²) in [5, 5.41) is 0. The molecule has 1 rings (SSSR count). The fraction of sp³-hybridized carbons (Fsp3) is 0.571. The van der Waals surface area contributed by atoms with Crippen LogP contribution in [0, 0.1) is 5.92 Å². The fourth-order valence-corrected chi connectivity index (χ4v) is 2.07. The maximum atomic E-state index is 10.4. The van der Waals surface area contributed by atoms with Gasteiger partial charge in [-0.2, -0.15) is 8.42 Å². The SMILES string of the molecule is CCCCC(CC)CN.O=S(=O)(O)c1ccccc1. The molecule has 0 aromatic heterocycles. The van der Waals surface area contributed by atoms with E-state index in [9.17, 15) is 8.42 Å². The summed E-state index contributed by atoms with van der Waals surface area (Å²) >= 11 is 0. The van der Waals surface area contributed by atoms with Crippen LogP contribution in [-0.2, 0) is 10.1 Å². The average Bonchev–Trinajstić information content (AvgIpc) is 2.41. The Hall–Kier alpha value is -0.910. The highest BCUT2D eigenvalue weighted by Gasteiger charge is 2.05. The van der Waals surface area contributed by atoms with Gasteiger partial charge in [-0.1, -0.05) is 51.3 Å². The summed E-state index contributed by atoms with van der Waals surface area (Å²) in [6.07, 6.45) is 5.21. The van der Waals surface area contributed by atoms with Gasteiger partial charge in [-0.25, -0.2) is 0 Å². The van der Waals surface area contributed by atoms with E-state index in [4.69, 9.17) is 10.3 Å². The lowest BCUT2D eigenvalue weighted by Crippen LogP contribution is -2.12. The van der Waals surface area contributed by atoms with Gasteiger partial charge in [0.15, 0.2) is 0 Å². The van der Waals surface area contributed by atoms with E-state index in [1.165, 1.54) is 37.8 Å². The second-order valence-corrected chi connectivity index (χ2v) is 5.86. The molecule has 0 spiro atoms. The molecule has 3 N–H and O–H groups in total. The first kappa shape index (κ1) is 18.1. The molecule has 0 saturated heterocycles. The van der Waals surface area contributed by atoms with Gasteiger partial charge in [-0.15, -0.1) is 0 Å². The molecule has 19 heavy (non-hydrogen) atoms. The lowest BCUT2D eigenvalue weighted by atomic mass is 10.00. The normalized spacial score (nSPS) is 12.4. The molecule has 1 aromatic rings. The molecule has 0 fully saturated rings. The highest BCUT2D eigenvalue weighted by molar-refractivity contribution is 7.85. The highest BCUT2D eigenvalue weighted by Crippen LogP contribution is 2.09. The lowest BCUT2D eigenvalue weighted by Gasteiger charge is -2.09. The number of unbranched alkanes of at least 4 members (excludes halogenated alkanes) is 1. The molecule has 1 atom stereocenters. The van der Waals surface area contributed by atoms with Gasteiger partial charge in [0.2, 0.25) is 0 Å². The monoisotopic (exact) mass is 287 g/mol. The Morgan fingerprint density at radius 2 is 1.79 bits per heavy atom. The van der Waals surface area contributed by atoms with Crippen molar-refractivity contribution in [2.75, 3.05) is 6.54 Å². The van der Waals surface area contributed by atoms with Gasteiger partial charge >= 0.3 is 0 Å². The standard InChI is InChI=1S/C8H19N.C6H6O3S/c1-3-5-6-8(4-2)7-9;7-10(8,9)6-4-2-1-3-5-6/h8H,3-7,9H2,1-2H3;1-5H,(H,7,8,9). The first-order valence-corrected chi connectivity index (χ1v) is 8.12. The first-order chi connectivity index (χ1) is 8.95. The molecule has 110 valence electrons. The van der Waals surface area contributed by atoms with Crippen LogP contribution >= 0.6 is 0 Å². The smallest absolute Gasteiger partial charge is 0.294 e. The summed E-state index contributed by atoms with van der Waals surface area (Å²) in [6.45, 7) is 5.31. The van der Waals surface area contributed by atoms with Crippen LogP contribution in [-0.4, -0.2) is 19.5 Å². The highest BCUT2D eigenvalue weighted by atomic mass is 32.2. The zero-order chi connectivity index (χ0) is 14.7. The molecular formula is C14H25NO3S. The molecule has 1 unspecified atom stereocenters. The number of benzene rings is 1. The maximum absolute atomic E-state index is 10.4. The zero-order valence-electron chi connectivity index (χ0n) is 11.7. The van der Waals surface area contributed by atoms with Crippen molar-refractivity contribution >= 4 is 10.1 Å². The summed E-state index contributed by atoms with van der Waals surface area (Å²) < 4.78 is 29.2. The van der Waals surface area contributed by atoms with Crippen molar-refractivity contribution in [2.24, 2.45) is 11.7 Å². The number of nitrogens with two attached hydrogens (primary N) is 1. The van der Waals surface area contributed by atoms with E-state index in [1.54, 1.807) is 18.2 Å². The van der Waals surface area contributed by atoms with Crippen LogP contribution in [0.5, 0.6) is 0 Å². The third-order valence-electron chi connectivity index (χ3n) is 2.92. The number of hydrogen-bond acceptors (Lipinski definition) is 3. The van der Waals surface area contributed by atoms with E-state index >= 15 is 0 Å². The molecule has 5 heteroatoms. The predicted octanol–water partition coefficient (Wildman–Crippen LogP) is 3.09. The Labute approximate surface area is 116 Å². The van der Waals surface area contributed by atoms with Crippen LogP contribution in [0.2, 0.25) is 0 Å². The van der Waals surface area contributed by atoms with Crippen LogP contribution in [0.4, 0.5) is 0 Å². The summed E-state index contributed by atoms with van der Waals surface area (Å²) in [5.41, 5.74) is 5.52. The molecule has 4 nitrogen and oxygen atoms in total. The molecule has 0 radical (unpaired) electrons. The largest absolute Gasteiger partial charge is 0.330 e. The van der Waals surface area contributed by atoms with Crippen LogP contribution < -0.4 is 5.73 Å². The van der Waals surface area contributed by atoms with E-state index in [1.807, 2.05) is 0 Å². The van der Waals surface area contributed by atoms with E-state index in [-0.39, 0.29) is 4.90 Å². The molecule has 0 aliphatic carbocycles. The van der Waals surface area contributed by atoms with Gasteiger partial charge in [0.25, 0.3) is 10.1 Å². The summed E-state index contributed by atoms with van der Waals surface area (Å²) in [4.78, 5) is -0.0741. The topological polar surface area (TPSA) is 80.4 Å². The molecule has 0 saturated carbocycles. The second kappa shape index (κ2) is 9.95. The Bertz CT molecular complexity index is 414. The summed E-state index contributed by atoms with van der Waals surface area (Å²) in [7, 11) is -4.00. The van der Waals surface area contributed by atoms with Gasteiger partial charge in [-0.05, 0) is 31.0 Å². The minimum absolute atomic E-state index is 0.0741. The molecule has 0 bridgehead atoms. The van der Waals surface area contributed by atoms with E-state index in [0.717, 1.165) is 12.5 Å². The van der Waals surface area contributed by atoms with Gasteiger partial charge in [0.05, 0.1) is 4.90 Å². The summed E-state index contributed by atoms with van der Waals surface area (Å²) in [5.74, 6) is 0.782. The van der Waals surface area contributed by atoms with Gasteiger partial charge < -0.3 is 5.73 Å². The molecule has 0 aliphatic heterocycles. The first-order valence-electron chi connectivity index (χ1n) is 6.68. The minimum Gasteiger partial charge on any atom is -0.330 e. The molecular weight excluding hydrogens is 262 g/mol. The van der Waals surface area contributed by atoms with Crippen LogP contribution in [0.15, 0.2) is 35.2 Å². The van der Waals surface area contributed by atoms with Crippen LogP contribution in [0.25, 0.3) is 0 Å². The quantitative estimate of drug-likeness (QED) is 0.788. The fourth-order valence-electron chi connectivity index (χ4n) is 1.57. The van der Waals surface area contributed by atoms with Crippen molar-refractivity contribution in [2.45, 2.75) is 44.4 Å². The van der Waals surface area contributed by atoms with Crippen LogP contribution in [0.1, 0.15) is 39.5 Å². The Morgan fingerprint density at radius 3 is 2.11 bits per heavy atom. The van der Waals surface area contributed by atoms with Gasteiger partial charge in [-0.3, -0.25) is 4.55 Å². The third-order valence-corrected chi connectivity index (χ3v) is 3.79. The Morgan fingerprint density at radius 1 is 1.21 bits per heavy atom. The van der Waals surface area contributed by atoms with Crippen LogP contribution in [0.3, 0.4) is 0 Å². The molecule has 0 amide bonds. The van der Waals surface area contributed by atoms with Crippen molar-refractivity contribution in [1.29, 1.82) is 0 Å². The molecule has 0 aliphatic rings. The van der Waals surface area contributed by atoms with Crippen molar-refractivity contribution in [3.8, 4) is 0 Å². The minimum atomic E-state index is -4.00. The van der Waals surface area contributed by atoms with E-state index in [2.05, 4.69) is 13.8 Å². The van der Waals surface area contributed by atoms with Crippen molar-refractivity contribution < 1.29 is 13.0 Å². The predicted molar refractivity (Wildman–Crippen MR) is 78.6 cm³/mol. The van der Waals surface area contributed by atoms with Crippen molar-refractivity contribution in [3.63, 3.8) is 0 Å². The van der Waals surface area contributed by atoms with E-state index < -0.39 is 10.1 Å². The Balaban J connectivity index is 0.000000344. The average molecular weight is 287 g/mol. The van der Waals surface area contributed by atoms with Crippen molar-refractivity contribution in [3.05, 3.63) is 30.3 Å². The number of hydrogen-bond donors (Lipinski definition) is 2. The zero-order valence-corrected chi connectivity index (χ0v) is 12.6. The van der Waals surface area contributed by atoms with E-state index in [0.29, 0.717) is 0 Å². The third kappa shape index (κ3) is 8.75. The maximum Gasteiger partial charge on any atom is 0.294 e. The molecule has 1 aromatic carbocycles. The lowest BCUT2D eigenvalue weighted by molar-refractivity contribution is 0.461. The van der Waals surface area contributed by atoms with Gasteiger partial charge in [0.1, 0.15) is 0 Å². The molecule has 0 heterocycles. The summed E-state index contributed by atoms with van der Waals surface area (Å²) in [6, 6.07) is 7.42. The van der Waals surface area contributed by atoms with Gasteiger partial charge in [0, 0.05) is 0 Å².